The second-order valence-electron chi connectivity index (χ2n) is 4.79. The molecule has 0 bridgehead atoms. The molecule has 1 aromatic carbocycles. The molecule has 1 rings (SSSR count). The van der Waals surface area contributed by atoms with E-state index in [9.17, 15) is 19.3 Å². The van der Waals surface area contributed by atoms with Gasteiger partial charge in [0.15, 0.2) is 0 Å². The van der Waals surface area contributed by atoms with Crippen molar-refractivity contribution >= 4 is 11.6 Å². The third-order valence-electron chi connectivity index (χ3n) is 3.02. The lowest BCUT2D eigenvalue weighted by molar-refractivity contribution is -0.385. The minimum absolute atomic E-state index is 0.100. The van der Waals surface area contributed by atoms with E-state index in [1.54, 1.807) is 0 Å². The van der Waals surface area contributed by atoms with Gasteiger partial charge in [0.2, 0.25) is 0 Å². The number of carbonyl (C=O) groups excluding carboxylic acids is 1. The van der Waals surface area contributed by atoms with E-state index < -0.39 is 16.6 Å². The van der Waals surface area contributed by atoms with Crippen LogP contribution in [0.3, 0.4) is 0 Å². The summed E-state index contributed by atoms with van der Waals surface area (Å²) in [7, 11) is 0. The second-order valence-corrected chi connectivity index (χ2v) is 4.79. The zero-order valence-electron chi connectivity index (χ0n) is 11.7. The monoisotopic (exact) mass is 282 g/mol. The SMILES string of the molecule is CCCCCC(C)NC(=O)c1cc(F)ccc1[N+](=O)[O-]. The van der Waals surface area contributed by atoms with Gasteiger partial charge in [-0.05, 0) is 25.5 Å². The molecule has 1 amide bonds. The van der Waals surface area contributed by atoms with Crippen LogP contribution < -0.4 is 5.32 Å². The summed E-state index contributed by atoms with van der Waals surface area (Å²) in [5.74, 6) is -1.28. The molecule has 20 heavy (non-hydrogen) atoms. The standard InChI is InChI=1S/C14H19FN2O3/c1-3-4-5-6-10(2)16-14(18)12-9-11(15)7-8-13(12)17(19)20/h7-10H,3-6H2,1-2H3,(H,16,18). The van der Waals surface area contributed by atoms with Crippen molar-refractivity contribution in [2.24, 2.45) is 0 Å². The minimum Gasteiger partial charge on any atom is -0.349 e. The molecule has 0 aliphatic rings. The topological polar surface area (TPSA) is 72.2 Å². The highest BCUT2D eigenvalue weighted by Gasteiger charge is 2.21. The Bertz CT molecular complexity index is 491. The Labute approximate surface area is 117 Å². The number of nitro benzene ring substituents is 1. The predicted octanol–water partition coefficient (Wildman–Crippen LogP) is 3.43. The first-order chi connectivity index (χ1) is 9.45. The summed E-state index contributed by atoms with van der Waals surface area (Å²) >= 11 is 0. The van der Waals surface area contributed by atoms with Gasteiger partial charge in [0.1, 0.15) is 11.4 Å². The fourth-order valence-electron chi connectivity index (χ4n) is 1.92. The van der Waals surface area contributed by atoms with E-state index in [0.717, 1.165) is 43.9 Å². The number of nitrogens with zero attached hydrogens (tertiary/aromatic N) is 1. The number of nitro groups is 1. The van der Waals surface area contributed by atoms with Gasteiger partial charge in [0.25, 0.3) is 11.6 Å². The van der Waals surface area contributed by atoms with Crippen LogP contribution in [0.1, 0.15) is 49.9 Å². The average molecular weight is 282 g/mol. The number of carbonyl (C=O) groups is 1. The summed E-state index contributed by atoms with van der Waals surface area (Å²) in [5.41, 5.74) is -0.623. The van der Waals surface area contributed by atoms with Crippen molar-refractivity contribution in [3.05, 3.63) is 39.7 Å². The Morgan fingerprint density at radius 2 is 2.15 bits per heavy atom. The van der Waals surface area contributed by atoms with Crippen LogP contribution in [0.5, 0.6) is 0 Å². The number of benzene rings is 1. The summed E-state index contributed by atoms with van der Waals surface area (Å²) < 4.78 is 13.2. The lowest BCUT2D eigenvalue weighted by Crippen LogP contribution is -2.33. The first-order valence-corrected chi connectivity index (χ1v) is 6.70. The zero-order valence-corrected chi connectivity index (χ0v) is 11.7. The molecule has 0 aliphatic heterocycles. The van der Waals surface area contributed by atoms with Crippen molar-refractivity contribution in [2.75, 3.05) is 0 Å². The van der Waals surface area contributed by atoms with E-state index in [-0.39, 0.29) is 17.3 Å². The number of unbranched alkanes of at least 4 members (excludes halogenated alkanes) is 2. The molecule has 6 heteroatoms. The van der Waals surface area contributed by atoms with Gasteiger partial charge in [0.05, 0.1) is 4.92 Å². The molecule has 0 aliphatic carbocycles. The fraction of sp³-hybridized carbons (Fsp3) is 0.500. The molecule has 1 aromatic rings. The number of halogens is 1. The highest BCUT2D eigenvalue weighted by atomic mass is 19.1. The molecular weight excluding hydrogens is 263 g/mol. The first kappa shape index (κ1) is 16.1. The summed E-state index contributed by atoms with van der Waals surface area (Å²) in [6.07, 6.45) is 3.92. The number of hydrogen-bond acceptors (Lipinski definition) is 3. The van der Waals surface area contributed by atoms with Gasteiger partial charge in [-0.15, -0.1) is 0 Å². The number of rotatable bonds is 7. The maximum Gasteiger partial charge on any atom is 0.282 e. The normalized spacial score (nSPS) is 11.9. The van der Waals surface area contributed by atoms with Crippen LogP contribution in [0.4, 0.5) is 10.1 Å². The quantitative estimate of drug-likeness (QED) is 0.473. The predicted molar refractivity (Wildman–Crippen MR) is 74.1 cm³/mol. The molecule has 110 valence electrons. The van der Waals surface area contributed by atoms with Crippen LogP contribution in [0, 0.1) is 15.9 Å². The number of nitrogens with one attached hydrogen (secondary N) is 1. The van der Waals surface area contributed by atoms with Gasteiger partial charge in [0, 0.05) is 12.1 Å². The summed E-state index contributed by atoms with van der Waals surface area (Å²) in [5, 5.41) is 13.5. The van der Waals surface area contributed by atoms with Crippen molar-refractivity contribution in [1.29, 1.82) is 0 Å². The van der Waals surface area contributed by atoms with E-state index in [4.69, 9.17) is 0 Å². The van der Waals surface area contributed by atoms with E-state index in [0.29, 0.717) is 0 Å². The zero-order chi connectivity index (χ0) is 15.1. The molecule has 0 aromatic heterocycles. The van der Waals surface area contributed by atoms with Gasteiger partial charge >= 0.3 is 0 Å². The highest BCUT2D eigenvalue weighted by Crippen LogP contribution is 2.19. The average Bonchev–Trinajstić information content (AvgIpc) is 2.38. The molecule has 1 N–H and O–H groups in total. The summed E-state index contributed by atoms with van der Waals surface area (Å²) in [4.78, 5) is 22.1. The summed E-state index contributed by atoms with van der Waals surface area (Å²) in [6.45, 7) is 3.91. The Morgan fingerprint density at radius 1 is 1.45 bits per heavy atom. The van der Waals surface area contributed by atoms with Crippen LogP contribution in [0.2, 0.25) is 0 Å². The van der Waals surface area contributed by atoms with Gasteiger partial charge in [-0.1, -0.05) is 26.2 Å². The Hall–Kier alpha value is -1.98. The third-order valence-corrected chi connectivity index (χ3v) is 3.02. The molecule has 1 atom stereocenters. The van der Waals surface area contributed by atoms with Crippen LogP contribution in [0.25, 0.3) is 0 Å². The molecule has 0 heterocycles. The molecule has 0 saturated heterocycles. The van der Waals surface area contributed by atoms with Crippen LogP contribution in [0.15, 0.2) is 18.2 Å². The van der Waals surface area contributed by atoms with E-state index in [2.05, 4.69) is 12.2 Å². The van der Waals surface area contributed by atoms with Crippen molar-refractivity contribution in [1.82, 2.24) is 5.32 Å². The Morgan fingerprint density at radius 3 is 2.75 bits per heavy atom. The van der Waals surface area contributed by atoms with Gasteiger partial charge in [-0.25, -0.2) is 4.39 Å². The molecule has 1 unspecified atom stereocenters. The molecule has 5 nitrogen and oxygen atoms in total. The molecule has 0 radical (unpaired) electrons. The fourth-order valence-corrected chi connectivity index (χ4v) is 1.92. The minimum atomic E-state index is -0.684. The van der Waals surface area contributed by atoms with Crippen molar-refractivity contribution in [2.45, 2.75) is 45.6 Å². The Balaban J connectivity index is 2.76. The lowest BCUT2D eigenvalue weighted by atomic mass is 10.1. The maximum absolute atomic E-state index is 13.2. The molecule has 0 saturated carbocycles. The Kier molecular flexibility index (Phi) is 6.09. The van der Waals surface area contributed by atoms with Crippen molar-refractivity contribution in [3.63, 3.8) is 0 Å². The van der Waals surface area contributed by atoms with Crippen LogP contribution in [-0.4, -0.2) is 16.9 Å². The first-order valence-electron chi connectivity index (χ1n) is 6.70. The highest BCUT2D eigenvalue weighted by molar-refractivity contribution is 5.98. The smallest absolute Gasteiger partial charge is 0.282 e. The van der Waals surface area contributed by atoms with Crippen molar-refractivity contribution in [3.8, 4) is 0 Å². The third kappa shape index (κ3) is 4.60. The lowest BCUT2D eigenvalue weighted by Gasteiger charge is -2.13. The van der Waals surface area contributed by atoms with Gasteiger partial charge in [-0.2, -0.15) is 0 Å². The van der Waals surface area contributed by atoms with Crippen molar-refractivity contribution < 1.29 is 14.1 Å². The van der Waals surface area contributed by atoms with E-state index in [1.165, 1.54) is 0 Å². The van der Waals surface area contributed by atoms with E-state index in [1.807, 2.05) is 6.92 Å². The number of amides is 1. The van der Waals surface area contributed by atoms with Crippen LogP contribution in [-0.2, 0) is 0 Å². The largest absolute Gasteiger partial charge is 0.349 e. The number of hydrogen-bond donors (Lipinski definition) is 1. The van der Waals surface area contributed by atoms with Gasteiger partial charge < -0.3 is 5.32 Å². The maximum atomic E-state index is 13.2. The van der Waals surface area contributed by atoms with Gasteiger partial charge in [-0.3, -0.25) is 14.9 Å². The second kappa shape index (κ2) is 7.57. The summed E-state index contributed by atoms with van der Waals surface area (Å²) in [6, 6.07) is 2.77. The molecule has 0 fully saturated rings. The molecular formula is C14H19FN2O3. The molecule has 0 spiro atoms. The van der Waals surface area contributed by atoms with E-state index >= 15 is 0 Å². The van der Waals surface area contributed by atoms with Crippen LogP contribution >= 0.6 is 0 Å².